The summed E-state index contributed by atoms with van der Waals surface area (Å²) in [5.74, 6) is -0.817. The highest BCUT2D eigenvalue weighted by molar-refractivity contribution is 7.89. The minimum absolute atomic E-state index is 0.193. The van der Waals surface area contributed by atoms with E-state index >= 15 is 0 Å². The van der Waals surface area contributed by atoms with E-state index in [0.717, 1.165) is 31.2 Å². The number of sulfonamides is 1. The van der Waals surface area contributed by atoms with Gasteiger partial charge >= 0.3 is 0 Å². The van der Waals surface area contributed by atoms with Crippen molar-refractivity contribution < 1.29 is 17.6 Å². The summed E-state index contributed by atoms with van der Waals surface area (Å²) in [5.41, 5.74) is 1.22. The van der Waals surface area contributed by atoms with Gasteiger partial charge in [0, 0.05) is 18.2 Å². The summed E-state index contributed by atoms with van der Waals surface area (Å²) in [6.45, 7) is 0.430. The van der Waals surface area contributed by atoms with E-state index in [2.05, 4.69) is 4.98 Å². The molecule has 1 spiro atoms. The normalized spacial score (nSPS) is 18.3. The third-order valence-corrected chi connectivity index (χ3v) is 6.19. The molecule has 1 saturated carbocycles. The second kappa shape index (κ2) is 5.85. The number of hydrogen-bond acceptors (Lipinski definition) is 4. The van der Waals surface area contributed by atoms with Crippen LogP contribution >= 0.6 is 0 Å². The van der Waals surface area contributed by atoms with Gasteiger partial charge in [-0.3, -0.25) is 4.79 Å². The molecule has 6 nitrogen and oxygen atoms in total. The predicted octanol–water partition coefficient (Wildman–Crippen LogP) is 2.34. The van der Waals surface area contributed by atoms with Crippen LogP contribution in [0.25, 0.3) is 0 Å². The number of benzene rings is 1. The number of hydrogen-bond donors (Lipinski definition) is 1. The van der Waals surface area contributed by atoms with E-state index < -0.39 is 21.7 Å². The van der Waals surface area contributed by atoms with Crippen molar-refractivity contribution >= 4 is 21.6 Å². The average molecular weight is 375 g/mol. The quantitative estimate of drug-likeness (QED) is 0.872. The van der Waals surface area contributed by atoms with Crippen LogP contribution < -0.4 is 10.0 Å². The lowest BCUT2D eigenvalue weighted by Crippen LogP contribution is -2.35. The van der Waals surface area contributed by atoms with Crippen LogP contribution in [-0.2, 0) is 15.4 Å². The summed E-state index contributed by atoms with van der Waals surface area (Å²) < 4.78 is 37.2. The summed E-state index contributed by atoms with van der Waals surface area (Å²) in [5, 5.41) is 4.72. The van der Waals surface area contributed by atoms with Crippen molar-refractivity contribution in [2.75, 3.05) is 11.4 Å². The van der Waals surface area contributed by atoms with Crippen molar-refractivity contribution in [2.24, 2.45) is 5.14 Å². The average Bonchev–Trinajstić information content (AvgIpc) is 3.21. The maximum absolute atomic E-state index is 14.6. The number of rotatable bonds is 2. The van der Waals surface area contributed by atoms with Gasteiger partial charge in [-0.05, 0) is 36.6 Å². The molecule has 2 heterocycles. The minimum Gasteiger partial charge on any atom is -0.304 e. The number of para-hydroxylation sites is 1. The van der Waals surface area contributed by atoms with Gasteiger partial charge < -0.3 is 4.90 Å². The van der Waals surface area contributed by atoms with Crippen LogP contribution in [0.4, 0.5) is 10.1 Å². The largest absolute Gasteiger partial charge is 0.304 e. The minimum atomic E-state index is -3.93. The Balaban J connectivity index is 1.74. The van der Waals surface area contributed by atoms with Gasteiger partial charge in [0.15, 0.2) is 5.03 Å². The molecule has 0 saturated heterocycles. The second-order valence-corrected chi connectivity index (χ2v) is 8.45. The van der Waals surface area contributed by atoms with E-state index in [1.807, 2.05) is 6.07 Å². The maximum Gasteiger partial charge on any atom is 0.259 e. The Morgan fingerprint density at radius 2 is 1.92 bits per heavy atom. The lowest BCUT2D eigenvalue weighted by Gasteiger charge is -2.24. The zero-order valence-corrected chi connectivity index (χ0v) is 14.8. The van der Waals surface area contributed by atoms with Crippen LogP contribution in [0.3, 0.4) is 0 Å². The zero-order valence-electron chi connectivity index (χ0n) is 14.0. The molecule has 2 aromatic rings. The summed E-state index contributed by atoms with van der Waals surface area (Å²) in [4.78, 5) is 18.2. The summed E-state index contributed by atoms with van der Waals surface area (Å²) in [7, 11) is -3.93. The number of anilines is 1. The molecule has 4 rings (SSSR count). The molecule has 0 bridgehead atoms. The first-order valence-electron chi connectivity index (χ1n) is 8.42. The van der Waals surface area contributed by atoms with Gasteiger partial charge in [-0.25, -0.2) is 22.9 Å². The third-order valence-electron chi connectivity index (χ3n) is 5.37. The van der Waals surface area contributed by atoms with Gasteiger partial charge in [0.2, 0.25) is 0 Å². The van der Waals surface area contributed by atoms with E-state index in [9.17, 15) is 17.6 Å². The van der Waals surface area contributed by atoms with Gasteiger partial charge in [-0.2, -0.15) is 0 Å². The highest BCUT2D eigenvalue weighted by Gasteiger charge is 2.47. The predicted molar refractivity (Wildman–Crippen MR) is 93.8 cm³/mol. The Morgan fingerprint density at radius 1 is 1.19 bits per heavy atom. The number of nitrogens with two attached hydrogens (primary N) is 1. The number of pyridine rings is 1. The lowest BCUT2D eigenvalue weighted by atomic mass is 9.81. The highest BCUT2D eigenvalue weighted by atomic mass is 32.2. The molecule has 8 heteroatoms. The first kappa shape index (κ1) is 17.1. The van der Waals surface area contributed by atoms with E-state index in [-0.39, 0.29) is 16.0 Å². The molecular weight excluding hydrogens is 357 g/mol. The summed E-state index contributed by atoms with van der Waals surface area (Å²) in [6, 6.07) is 7.49. The van der Waals surface area contributed by atoms with Gasteiger partial charge in [0.25, 0.3) is 15.9 Å². The van der Waals surface area contributed by atoms with Crippen molar-refractivity contribution in [3.05, 3.63) is 53.5 Å². The van der Waals surface area contributed by atoms with Crippen LogP contribution in [0.1, 0.15) is 41.6 Å². The third kappa shape index (κ3) is 2.60. The molecule has 0 atom stereocenters. The highest BCUT2D eigenvalue weighted by Crippen LogP contribution is 2.51. The molecule has 1 fully saturated rings. The van der Waals surface area contributed by atoms with E-state index in [1.165, 1.54) is 29.3 Å². The van der Waals surface area contributed by atoms with Crippen molar-refractivity contribution in [3.63, 3.8) is 0 Å². The summed E-state index contributed by atoms with van der Waals surface area (Å²) >= 11 is 0. The molecule has 1 aromatic carbocycles. The molecule has 0 unspecified atom stereocenters. The lowest BCUT2D eigenvalue weighted by molar-refractivity contribution is 0.0983. The molecule has 1 aromatic heterocycles. The van der Waals surface area contributed by atoms with Crippen molar-refractivity contribution in [3.8, 4) is 0 Å². The van der Waals surface area contributed by atoms with Crippen LogP contribution in [0.15, 0.2) is 41.6 Å². The molecule has 136 valence electrons. The fourth-order valence-electron chi connectivity index (χ4n) is 4.17. The molecule has 2 N–H and O–H groups in total. The van der Waals surface area contributed by atoms with Crippen LogP contribution in [0.5, 0.6) is 0 Å². The van der Waals surface area contributed by atoms with Gasteiger partial charge in [0.1, 0.15) is 5.82 Å². The summed E-state index contributed by atoms with van der Waals surface area (Å²) in [6.07, 6.45) is 5.14. The fourth-order valence-corrected chi connectivity index (χ4v) is 4.63. The van der Waals surface area contributed by atoms with Crippen LogP contribution in [0.2, 0.25) is 0 Å². The van der Waals surface area contributed by atoms with Crippen molar-refractivity contribution in [1.29, 1.82) is 0 Å². The molecule has 1 aliphatic carbocycles. The van der Waals surface area contributed by atoms with E-state index in [1.54, 1.807) is 6.07 Å². The van der Waals surface area contributed by atoms with Gasteiger partial charge in [-0.1, -0.05) is 25.0 Å². The number of halogens is 1. The smallest absolute Gasteiger partial charge is 0.259 e. The standard InChI is InChI=1S/C18H18FN3O3S/c19-14-5-3-4-13-16(14)22(11-18(13)8-1-2-9-18)17(23)12-6-7-15(21-10-12)26(20,24)25/h3-7,10H,1-2,8-9,11H2,(H2,20,24,25). The number of carbonyl (C=O) groups is 1. The number of aromatic nitrogens is 1. The Labute approximate surface area is 150 Å². The number of amides is 1. The Kier molecular flexibility index (Phi) is 3.85. The molecule has 1 amide bonds. The zero-order chi connectivity index (χ0) is 18.5. The molecule has 0 radical (unpaired) electrons. The number of fused-ring (bicyclic) bond motifs is 2. The van der Waals surface area contributed by atoms with Crippen molar-refractivity contribution in [2.45, 2.75) is 36.1 Å². The topological polar surface area (TPSA) is 93.4 Å². The maximum atomic E-state index is 14.6. The van der Waals surface area contributed by atoms with E-state index in [4.69, 9.17) is 5.14 Å². The van der Waals surface area contributed by atoms with Crippen LogP contribution in [-0.4, -0.2) is 25.9 Å². The molecule has 26 heavy (non-hydrogen) atoms. The van der Waals surface area contributed by atoms with Crippen molar-refractivity contribution in [1.82, 2.24) is 4.98 Å². The van der Waals surface area contributed by atoms with E-state index in [0.29, 0.717) is 12.2 Å². The SMILES string of the molecule is NS(=O)(=O)c1ccc(C(=O)N2CC3(CCCC3)c3cccc(F)c32)cn1. The molecular formula is C18H18FN3O3S. The molecule has 2 aliphatic rings. The Morgan fingerprint density at radius 3 is 2.54 bits per heavy atom. The Bertz CT molecular complexity index is 983. The second-order valence-electron chi connectivity index (χ2n) is 6.94. The molecule has 1 aliphatic heterocycles. The number of primary sulfonamides is 1. The first-order valence-corrected chi connectivity index (χ1v) is 9.96. The number of nitrogens with zero attached hydrogens (tertiary/aromatic N) is 2. The van der Waals surface area contributed by atoms with Gasteiger partial charge in [-0.15, -0.1) is 0 Å². The van der Waals surface area contributed by atoms with Crippen LogP contribution in [0, 0.1) is 5.82 Å². The monoisotopic (exact) mass is 375 g/mol. The Hall–Kier alpha value is -2.32. The fraction of sp³-hybridized carbons (Fsp3) is 0.333. The number of carbonyl (C=O) groups excluding carboxylic acids is 1. The van der Waals surface area contributed by atoms with Gasteiger partial charge in [0.05, 0.1) is 11.3 Å². The first-order chi connectivity index (χ1) is 12.3.